The molecule has 0 spiro atoms. The van der Waals surface area contributed by atoms with E-state index in [1.807, 2.05) is 29.2 Å². The summed E-state index contributed by atoms with van der Waals surface area (Å²) in [6, 6.07) is 10.0. The highest BCUT2D eigenvalue weighted by molar-refractivity contribution is 7.14. The summed E-state index contributed by atoms with van der Waals surface area (Å²) in [5.74, 6) is 0.180. The number of benzene rings is 1. The van der Waals surface area contributed by atoms with Crippen LogP contribution in [0.15, 0.2) is 30.3 Å². The maximum atomic E-state index is 12.9. The van der Waals surface area contributed by atoms with Crippen LogP contribution in [0, 0.1) is 6.92 Å². The fourth-order valence-corrected chi connectivity index (χ4v) is 4.91. The average Bonchev–Trinajstić information content (AvgIpc) is 3.09. The van der Waals surface area contributed by atoms with E-state index < -0.39 is 0 Å². The Morgan fingerprint density at radius 2 is 1.86 bits per heavy atom. The van der Waals surface area contributed by atoms with E-state index in [1.165, 1.54) is 15.3 Å². The number of hydrogen-bond donors (Lipinski definition) is 2. The monoisotopic (exact) mass is 414 g/mol. The first kappa shape index (κ1) is 21.5. The Kier molecular flexibility index (Phi) is 7.45. The second kappa shape index (κ2) is 10.0. The molecule has 2 amide bonds. The summed E-state index contributed by atoms with van der Waals surface area (Å²) in [5.41, 5.74) is 3.36. The highest BCUT2D eigenvalue weighted by Crippen LogP contribution is 2.24. The molecular weight excluding hydrogens is 382 g/mol. The largest absolute Gasteiger partial charge is 0.327 e. The quantitative estimate of drug-likeness (QED) is 0.732. The van der Waals surface area contributed by atoms with Crippen LogP contribution in [-0.4, -0.2) is 49.4 Å². The molecule has 156 valence electrons. The third-order valence-corrected chi connectivity index (χ3v) is 6.67. The fraction of sp³-hybridized carbons (Fsp3) is 0.478. The van der Waals surface area contributed by atoms with Crippen molar-refractivity contribution in [2.45, 2.75) is 40.0 Å². The lowest BCUT2D eigenvalue weighted by molar-refractivity contribution is -0.895. The van der Waals surface area contributed by atoms with Crippen LogP contribution in [-0.2, 0) is 17.6 Å². The standard InChI is InChI=1S/C23H31N3O2S/c1-4-8-19-15-21(29-17(19)3)23(28)26-13-11-25(12-14-26)16-22(27)24-20-10-7-6-9-18(20)5-2/h6-7,9-10,15H,4-5,8,11-14,16H2,1-3H3,(H,24,27)/p+1. The van der Waals surface area contributed by atoms with E-state index in [1.54, 1.807) is 11.3 Å². The van der Waals surface area contributed by atoms with Gasteiger partial charge in [-0.05, 0) is 43.0 Å². The number of rotatable bonds is 7. The summed E-state index contributed by atoms with van der Waals surface area (Å²) < 4.78 is 0. The van der Waals surface area contributed by atoms with Crippen LogP contribution < -0.4 is 10.2 Å². The molecule has 0 atom stereocenters. The minimum atomic E-state index is 0.0405. The number of nitrogens with zero attached hydrogens (tertiary/aromatic N) is 1. The molecule has 3 rings (SSSR count). The zero-order valence-electron chi connectivity index (χ0n) is 17.7. The van der Waals surface area contributed by atoms with Crippen LogP contribution >= 0.6 is 11.3 Å². The van der Waals surface area contributed by atoms with E-state index in [0.717, 1.165) is 48.5 Å². The summed E-state index contributed by atoms with van der Waals surface area (Å²) in [4.78, 5) is 30.6. The summed E-state index contributed by atoms with van der Waals surface area (Å²) in [5, 5.41) is 3.05. The Bertz CT molecular complexity index is 854. The minimum Gasteiger partial charge on any atom is -0.327 e. The van der Waals surface area contributed by atoms with Gasteiger partial charge in [-0.15, -0.1) is 11.3 Å². The number of para-hydroxylation sites is 1. The number of amides is 2. The van der Waals surface area contributed by atoms with Crippen LogP contribution in [0.4, 0.5) is 5.69 Å². The highest BCUT2D eigenvalue weighted by atomic mass is 32.1. The molecule has 5 nitrogen and oxygen atoms in total. The molecule has 1 aromatic heterocycles. The SMILES string of the molecule is CCCc1cc(C(=O)N2CC[NH+](CC(=O)Nc3ccccc3CC)CC2)sc1C. The first-order valence-electron chi connectivity index (χ1n) is 10.6. The zero-order chi connectivity index (χ0) is 20.8. The van der Waals surface area contributed by atoms with Crippen molar-refractivity contribution in [1.29, 1.82) is 0 Å². The lowest BCUT2D eigenvalue weighted by Crippen LogP contribution is -3.15. The summed E-state index contributed by atoms with van der Waals surface area (Å²) >= 11 is 1.61. The van der Waals surface area contributed by atoms with Crippen LogP contribution in [0.3, 0.4) is 0 Å². The Balaban J connectivity index is 1.50. The normalized spacial score (nSPS) is 14.8. The van der Waals surface area contributed by atoms with Crippen LogP contribution in [0.1, 0.15) is 45.9 Å². The molecule has 1 fully saturated rings. The van der Waals surface area contributed by atoms with Gasteiger partial charge in [0.15, 0.2) is 6.54 Å². The number of carbonyl (C=O) groups is 2. The molecule has 1 saturated heterocycles. The maximum absolute atomic E-state index is 12.9. The van der Waals surface area contributed by atoms with E-state index in [-0.39, 0.29) is 11.8 Å². The van der Waals surface area contributed by atoms with Crippen molar-refractivity contribution < 1.29 is 14.5 Å². The van der Waals surface area contributed by atoms with Gasteiger partial charge in [-0.3, -0.25) is 9.59 Å². The van der Waals surface area contributed by atoms with Crippen molar-refractivity contribution in [3.63, 3.8) is 0 Å². The fourth-order valence-electron chi connectivity index (χ4n) is 3.87. The molecule has 0 unspecified atom stereocenters. The Hall–Kier alpha value is -2.18. The van der Waals surface area contributed by atoms with E-state index >= 15 is 0 Å². The van der Waals surface area contributed by atoms with Gasteiger partial charge in [-0.25, -0.2) is 0 Å². The number of aryl methyl sites for hydroxylation is 3. The molecule has 1 aliphatic rings. The number of thiophene rings is 1. The predicted molar refractivity (Wildman–Crippen MR) is 119 cm³/mol. The average molecular weight is 415 g/mol. The third kappa shape index (κ3) is 5.46. The summed E-state index contributed by atoms with van der Waals surface area (Å²) in [6.45, 7) is 9.81. The van der Waals surface area contributed by atoms with Crippen molar-refractivity contribution in [2.75, 3.05) is 38.0 Å². The third-order valence-electron chi connectivity index (χ3n) is 5.59. The lowest BCUT2D eigenvalue weighted by atomic mass is 10.1. The van der Waals surface area contributed by atoms with Crippen molar-refractivity contribution in [3.8, 4) is 0 Å². The summed E-state index contributed by atoms with van der Waals surface area (Å²) in [6.07, 6.45) is 3.02. The smallest absolute Gasteiger partial charge is 0.279 e. The van der Waals surface area contributed by atoms with Crippen molar-refractivity contribution in [3.05, 3.63) is 51.2 Å². The molecule has 0 saturated carbocycles. The molecule has 1 aliphatic heterocycles. The Morgan fingerprint density at radius 1 is 1.14 bits per heavy atom. The van der Waals surface area contributed by atoms with Crippen molar-refractivity contribution in [2.24, 2.45) is 0 Å². The Morgan fingerprint density at radius 3 is 2.55 bits per heavy atom. The number of hydrogen-bond acceptors (Lipinski definition) is 3. The molecule has 6 heteroatoms. The lowest BCUT2D eigenvalue weighted by Gasteiger charge is -2.31. The van der Waals surface area contributed by atoms with E-state index in [0.29, 0.717) is 19.6 Å². The molecule has 29 heavy (non-hydrogen) atoms. The number of quaternary nitrogens is 1. The van der Waals surface area contributed by atoms with Crippen LogP contribution in [0.5, 0.6) is 0 Å². The maximum Gasteiger partial charge on any atom is 0.279 e. The molecule has 0 radical (unpaired) electrons. The zero-order valence-corrected chi connectivity index (χ0v) is 18.5. The molecule has 2 heterocycles. The van der Waals surface area contributed by atoms with E-state index in [9.17, 15) is 9.59 Å². The minimum absolute atomic E-state index is 0.0405. The van der Waals surface area contributed by atoms with Crippen molar-refractivity contribution >= 4 is 28.8 Å². The second-order valence-electron chi connectivity index (χ2n) is 7.72. The van der Waals surface area contributed by atoms with Gasteiger partial charge in [0.1, 0.15) is 0 Å². The number of piperazine rings is 1. The molecule has 0 bridgehead atoms. The van der Waals surface area contributed by atoms with Crippen molar-refractivity contribution in [1.82, 2.24) is 4.90 Å². The first-order valence-corrected chi connectivity index (χ1v) is 11.4. The summed E-state index contributed by atoms with van der Waals surface area (Å²) in [7, 11) is 0. The highest BCUT2D eigenvalue weighted by Gasteiger charge is 2.27. The molecule has 2 aromatic rings. The predicted octanol–water partition coefficient (Wildman–Crippen LogP) is 2.55. The van der Waals surface area contributed by atoms with Gasteiger partial charge in [0, 0.05) is 10.6 Å². The van der Waals surface area contributed by atoms with Gasteiger partial charge < -0.3 is 15.1 Å². The van der Waals surface area contributed by atoms with Crippen LogP contribution in [0.25, 0.3) is 0 Å². The molecule has 0 aliphatic carbocycles. The topological polar surface area (TPSA) is 53.9 Å². The van der Waals surface area contributed by atoms with Gasteiger partial charge in [0.2, 0.25) is 0 Å². The van der Waals surface area contributed by atoms with Gasteiger partial charge in [-0.1, -0.05) is 38.5 Å². The van der Waals surface area contributed by atoms with Gasteiger partial charge >= 0.3 is 0 Å². The molecular formula is C23H32N3O2S+. The number of carbonyl (C=O) groups excluding carboxylic acids is 2. The van der Waals surface area contributed by atoms with Crippen LogP contribution in [0.2, 0.25) is 0 Å². The van der Waals surface area contributed by atoms with E-state index in [4.69, 9.17) is 0 Å². The molecule has 2 N–H and O–H groups in total. The second-order valence-corrected chi connectivity index (χ2v) is 8.98. The number of anilines is 1. The van der Waals surface area contributed by atoms with E-state index in [2.05, 4.69) is 32.2 Å². The number of nitrogens with one attached hydrogen (secondary N) is 2. The van der Waals surface area contributed by atoms with Gasteiger partial charge in [0.25, 0.3) is 11.8 Å². The van der Waals surface area contributed by atoms with Gasteiger partial charge in [-0.2, -0.15) is 0 Å². The van der Waals surface area contributed by atoms with Gasteiger partial charge in [0.05, 0.1) is 31.1 Å². The first-order chi connectivity index (χ1) is 14.0. The Labute approximate surface area is 177 Å². The molecule has 1 aromatic carbocycles.